The molecule has 0 aliphatic carbocycles. The van der Waals surface area contributed by atoms with E-state index in [1.165, 1.54) is 0 Å². The van der Waals surface area contributed by atoms with Crippen molar-refractivity contribution in [1.29, 1.82) is 0 Å². The van der Waals surface area contributed by atoms with Crippen molar-refractivity contribution >= 4 is 31.7 Å². The summed E-state index contributed by atoms with van der Waals surface area (Å²) in [6, 6.07) is 28.3. The topological polar surface area (TPSA) is 52.0 Å². The van der Waals surface area contributed by atoms with Gasteiger partial charge in [0.1, 0.15) is 5.69 Å². The van der Waals surface area contributed by atoms with Gasteiger partial charge in [0.05, 0.1) is 10.4 Å². The minimum atomic E-state index is -3.82. The smallest absolute Gasteiger partial charge is 0.199 e. The molecule has 0 spiro atoms. The summed E-state index contributed by atoms with van der Waals surface area (Å²) in [6.45, 7) is 1.93. The number of fused-ring (bicyclic) bond motifs is 2. The minimum absolute atomic E-state index is 0.223. The molecule has 0 atom stereocenters. The van der Waals surface area contributed by atoms with E-state index < -0.39 is 10.0 Å². The zero-order chi connectivity index (χ0) is 20.0. The number of hydrogen-bond acceptors (Lipinski definition) is 3. The Morgan fingerprint density at radius 2 is 1.38 bits per heavy atom. The standard InChI is InChI=1S/C24H18N2O2S/c1-17-13-15-19(16-14-17)29(27,28)26-23-12-5-4-10-22(23)24(25-26)21-11-6-8-18-7-2-3-9-20(18)21/h2-16H,1H3. The SMILES string of the molecule is Cc1ccc(S(=O)(=O)n2nc(-c3cccc4ccccc34)c3ccccc32)cc1. The Morgan fingerprint density at radius 3 is 2.17 bits per heavy atom. The quantitative estimate of drug-likeness (QED) is 0.409. The number of para-hydroxylation sites is 1. The van der Waals surface area contributed by atoms with E-state index in [9.17, 15) is 8.42 Å². The molecule has 0 N–H and O–H groups in total. The summed E-state index contributed by atoms with van der Waals surface area (Å²) in [4.78, 5) is 0.223. The molecule has 4 aromatic carbocycles. The number of benzene rings is 4. The zero-order valence-corrected chi connectivity index (χ0v) is 16.6. The number of rotatable bonds is 3. The summed E-state index contributed by atoms with van der Waals surface area (Å²) in [7, 11) is -3.82. The minimum Gasteiger partial charge on any atom is -0.199 e. The number of nitrogens with zero attached hydrogens (tertiary/aromatic N) is 2. The first-order chi connectivity index (χ1) is 14.1. The molecule has 5 aromatic rings. The van der Waals surface area contributed by atoms with Crippen LogP contribution in [0.15, 0.2) is 95.9 Å². The van der Waals surface area contributed by atoms with Crippen LogP contribution in [-0.2, 0) is 10.0 Å². The fourth-order valence-electron chi connectivity index (χ4n) is 3.66. The lowest BCUT2D eigenvalue weighted by Gasteiger charge is -2.06. The molecule has 0 radical (unpaired) electrons. The van der Waals surface area contributed by atoms with E-state index in [2.05, 4.69) is 5.10 Å². The molecule has 1 heterocycles. The normalized spacial score (nSPS) is 11.9. The lowest BCUT2D eigenvalue weighted by atomic mass is 10.0. The molecule has 5 heteroatoms. The third-order valence-corrected chi connectivity index (χ3v) is 6.75. The summed E-state index contributed by atoms with van der Waals surface area (Å²) in [5, 5.41) is 7.54. The predicted octanol–water partition coefficient (Wildman–Crippen LogP) is 5.40. The van der Waals surface area contributed by atoms with Gasteiger partial charge in [-0.3, -0.25) is 0 Å². The summed E-state index contributed by atoms with van der Waals surface area (Å²) in [6.07, 6.45) is 0. The van der Waals surface area contributed by atoms with Crippen LogP contribution in [-0.4, -0.2) is 17.6 Å². The molecular formula is C24H18N2O2S. The monoisotopic (exact) mass is 398 g/mol. The largest absolute Gasteiger partial charge is 0.283 e. The first kappa shape index (κ1) is 17.6. The van der Waals surface area contributed by atoms with Crippen molar-refractivity contribution < 1.29 is 8.42 Å². The van der Waals surface area contributed by atoms with Gasteiger partial charge in [-0.2, -0.15) is 17.6 Å². The average Bonchev–Trinajstić information content (AvgIpc) is 3.14. The number of aryl methyl sites for hydroxylation is 1. The van der Waals surface area contributed by atoms with Crippen molar-refractivity contribution in [2.24, 2.45) is 0 Å². The second-order valence-electron chi connectivity index (χ2n) is 7.05. The van der Waals surface area contributed by atoms with E-state index in [1.54, 1.807) is 30.3 Å². The van der Waals surface area contributed by atoms with Crippen LogP contribution in [0.4, 0.5) is 0 Å². The highest BCUT2D eigenvalue weighted by Crippen LogP contribution is 2.34. The maximum absolute atomic E-state index is 13.4. The molecule has 142 valence electrons. The van der Waals surface area contributed by atoms with Gasteiger partial charge in [-0.05, 0) is 35.9 Å². The maximum atomic E-state index is 13.4. The summed E-state index contributed by atoms with van der Waals surface area (Å²) < 4.78 is 27.9. The molecule has 1 aromatic heterocycles. The molecule has 5 rings (SSSR count). The van der Waals surface area contributed by atoms with Crippen molar-refractivity contribution in [3.63, 3.8) is 0 Å². The van der Waals surface area contributed by atoms with E-state index in [0.29, 0.717) is 11.2 Å². The second-order valence-corrected chi connectivity index (χ2v) is 8.82. The van der Waals surface area contributed by atoms with Gasteiger partial charge in [-0.25, -0.2) is 0 Å². The van der Waals surface area contributed by atoms with Gasteiger partial charge in [0.25, 0.3) is 10.0 Å². The maximum Gasteiger partial charge on any atom is 0.283 e. The highest BCUT2D eigenvalue weighted by Gasteiger charge is 2.23. The Bertz CT molecular complexity index is 1460. The van der Waals surface area contributed by atoms with Crippen LogP contribution in [0.2, 0.25) is 0 Å². The molecule has 29 heavy (non-hydrogen) atoms. The molecule has 0 amide bonds. The van der Waals surface area contributed by atoms with Crippen molar-refractivity contribution in [1.82, 2.24) is 9.19 Å². The Balaban J connectivity index is 1.81. The van der Waals surface area contributed by atoms with Gasteiger partial charge in [0.2, 0.25) is 0 Å². The molecule has 0 saturated carbocycles. The Hall–Kier alpha value is -3.44. The van der Waals surface area contributed by atoms with Crippen LogP contribution in [0.3, 0.4) is 0 Å². The summed E-state index contributed by atoms with van der Waals surface area (Å²) >= 11 is 0. The van der Waals surface area contributed by atoms with Gasteiger partial charge in [-0.15, -0.1) is 0 Å². The Kier molecular flexibility index (Phi) is 4.00. The molecule has 0 aliphatic rings. The van der Waals surface area contributed by atoms with Gasteiger partial charge >= 0.3 is 0 Å². The number of aromatic nitrogens is 2. The number of hydrogen-bond donors (Lipinski definition) is 0. The highest BCUT2D eigenvalue weighted by atomic mass is 32.2. The van der Waals surface area contributed by atoms with E-state index in [1.807, 2.05) is 67.6 Å². The average molecular weight is 398 g/mol. The van der Waals surface area contributed by atoms with Crippen molar-refractivity contribution in [2.45, 2.75) is 11.8 Å². The zero-order valence-electron chi connectivity index (χ0n) is 15.8. The third-order valence-electron chi connectivity index (χ3n) is 5.15. The van der Waals surface area contributed by atoms with E-state index in [-0.39, 0.29) is 4.90 Å². The van der Waals surface area contributed by atoms with Crippen molar-refractivity contribution in [2.75, 3.05) is 0 Å². The van der Waals surface area contributed by atoms with Gasteiger partial charge < -0.3 is 0 Å². The van der Waals surface area contributed by atoms with E-state index in [0.717, 1.165) is 31.4 Å². The first-order valence-corrected chi connectivity index (χ1v) is 10.8. The van der Waals surface area contributed by atoms with Gasteiger partial charge in [-0.1, -0.05) is 78.4 Å². The molecule has 0 bridgehead atoms. The Labute approximate surface area is 169 Å². The van der Waals surface area contributed by atoms with E-state index >= 15 is 0 Å². The third kappa shape index (κ3) is 2.82. The molecular weight excluding hydrogens is 380 g/mol. The van der Waals surface area contributed by atoms with Gasteiger partial charge in [0.15, 0.2) is 0 Å². The Morgan fingerprint density at radius 1 is 0.724 bits per heavy atom. The van der Waals surface area contributed by atoms with Crippen LogP contribution in [0.25, 0.3) is 32.9 Å². The van der Waals surface area contributed by atoms with Crippen LogP contribution in [0.1, 0.15) is 5.56 Å². The van der Waals surface area contributed by atoms with Crippen molar-refractivity contribution in [3.05, 3.63) is 96.6 Å². The summed E-state index contributed by atoms with van der Waals surface area (Å²) in [5.74, 6) is 0. The molecule has 0 unspecified atom stereocenters. The van der Waals surface area contributed by atoms with E-state index in [4.69, 9.17) is 0 Å². The molecule has 0 fully saturated rings. The second kappa shape index (κ2) is 6.57. The van der Waals surface area contributed by atoms with Crippen LogP contribution < -0.4 is 0 Å². The lowest BCUT2D eigenvalue weighted by Crippen LogP contribution is -2.14. The van der Waals surface area contributed by atoms with Gasteiger partial charge in [0, 0.05) is 10.9 Å². The molecule has 0 saturated heterocycles. The fourth-order valence-corrected chi connectivity index (χ4v) is 4.95. The molecule has 4 nitrogen and oxygen atoms in total. The summed E-state index contributed by atoms with van der Waals surface area (Å²) in [5.41, 5.74) is 3.15. The molecule has 0 aliphatic heterocycles. The van der Waals surface area contributed by atoms with Crippen molar-refractivity contribution in [3.8, 4) is 11.3 Å². The lowest BCUT2D eigenvalue weighted by molar-refractivity contribution is 0.582. The predicted molar refractivity (Wildman–Crippen MR) is 116 cm³/mol. The first-order valence-electron chi connectivity index (χ1n) is 9.34. The van der Waals surface area contributed by atoms with Crippen LogP contribution >= 0.6 is 0 Å². The fraction of sp³-hybridized carbons (Fsp3) is 0.0417. The van der Waals surface area contributed by atoms with Crippen LogP contribution in [0, 0.1) is 6.92 Å². The van der Waals surface area contributed by atoms with Crippen LogP contribution in [0.5, 0.6) is 0 Å². The highest BCUT2D eigenvalue weighted by molar-refractivity contribution is 7.90.